The zero-order valence-corrected chi connectivity index (χ0v) is 15.6. The molecule has 0 saturated carbocycles. The van der Waals surface area contributed by atoms with Gasteiger partial charge < -0.3 is 9.84 Å². The topological polar surface area (TPSA) is 70.3 Å². The number of nitriles is 1. The summed E-state index contributed by atoms with van der Waals surface area (Å²) in [5, 5.41) is 18.6. The molecule has 140 valence electrons. The van der Waals surface area contributed by atoms with E-state index in [1.54, 1.807) is 24.3 Å². The lowest BCUT2D eigenvalue weighted by Crippen LogP contribution is -2.04. The summed E-state index contributed by atoms with van der Waals surface area (Å²) < 4.78 is 4.73. The van der Waals surface area contributed by atoms with Crippen LogP contribution in [0.4, 0.5) is 0 Å². The number of carbonyl (C=O) groups excluding carboxylic acids is 1. The van der Waals surface area contributed by atoms with Crippen molar-refractivity contribution in [3.63, 3.8) is 0 Å². The Hall–Kier alpha value is -3.06. The quantitative estimate of drug-likeness (QED) is 0.495. The molecule has 2 aromatic rings. The molecule has 2 aromatic carbocycles. The van der Waals surface area contributed by atoms with Gasteiger partial charge in [0.15, 0.2) is 0 Å². The van der Waals surface area contributed by atoms with Crippen molar-refractivity contribution in [1.82, 2.24) is 0 Å². The normalized spacial score (nSPS) is 11.9. The third-order valence-corrected chi connectivity index (χ3v) is 4.47. The maximum absolute atomic E-state index is 11.6. The third kappa shape index (κ3) is 6.63. The first-order chi connectivity index (χ1) is 13.1. The number of aromatic hydroxyl groups is 1. The Morgan fingerprint density at radius 1 is 1.19 bits per heavy atom. The van der Waals surface area contributed by atoms with Crippen molar-refractivity contribution in [1.29, 1.82) is 5.26 Å². The van der Waals surface area contributed by atoms with E-state index in [0.29, 0.717) is 12.0 Å². The second-order valence-corrected chi connectivity index (χ2v) is 6.47. The van der Waals surface area contributed by atoms with Crippen LogP contribution in [0.2, 0.25) is 0 Å². The van der Waals surface area contributed by atoms with Crippen LogP contribution in [0.25, 0.3) is 6.08 Å². The van der Waals surface area contributed by atoms with Crippen molar-refractivity contribution in [3.8, 4) is 11.8 Å². The van der Waals surface area contributed by atoms with E-state index in [4.69, 9.17) is 10.00 Å². The lowest BCUT2D eigenvalue weighted by atomic mass is 9.92. The van der Waals surface area contributed by atoms with Crippen LogP contribution in [-0.2, 0) is 11.2 Å². The lowest BCUT2D eigenvalue weighted by Gasteiger charge is -2.13. The third-order valence-electron chi connectivity index (χ3n) is 4.47. The maximum Gasteiger partial charge on any atom is 0.337 e. The number of carbonyl (C=O) groups is 1. The Labute approximate surface area is 160 Å². The van der Waals surface area contributed by atoms with Crippen LogP contribution in [0.5, 0.6) is 5.75 Å². The Morgan fingerprint density at radius 2 is 1.93 bits per heavy atom. The first kappa shape index (κ1) is 20.3. The molecule has 0 fully saturated rings. The molecule has 0 amide bonds. The molecule has 1 atom stereocenters. The molecular formula is C23H25NO3. The number of ether oxygens (including phenoxy) is 1. The molecule has 1 unspecified atom stereocenters. The zero-order chi connectivity index (χ0) is 19.5. The highest BCUT2D eigenvalue weighted by Crippen LogP contribution is 2.22. The zero-order valence-electron chi connectivity index (χ0n) is 15.6. The predicted molar refractivity (Wildman–Crippen MR) is 106 cm³/mol. The summed E-state index contributed by atoms with van der Waals surface area (Å²) in [6.45, 7) is 0. The van der Waals surface area contributed by atoms with Crippen molar-refractivity contribution in [3.05, 3.63) is 71.3 Å². The number of methoxy groups -OCH3 is 1. The highest BCUT2D eigenvalue weighted by Gasteiger charge is 2.09. The fraction of sp³-hybridized carbons (Fsp3) is 0.304. The molecule has 0 spiro atoms. The highest BCUT2D eigenvalue weighted by molar-refractivity contribution is 5.89. The number of unbranched alkanes of at least 4 members (excludes halogenated alkanes) is 2. The van der Waals surface area contributed by atoms with Gasteiger partial charge >= 0.3 is 5.97 Å². The molecular weight excluding hydrogens is 338 g/mol. The van der Waals surface area contributed by atoms with Crippen LogP contribution in [0.1, 0.15) is 47.2 Å². The molecule has 0 aliphatic carbocycles. The Bertz CT molecular complexity index is 803. The minimum Gasteiger partial charge on any atom is -0.507 e. The Morgan fingerprint density at radius 3 is 2.59 bits per heavy atom. The first-order valence-corrected chi connectivity index (χ1v) is 9.14. The molecule has 1 N–H and O–H groups in total. The van der Waals surface area contributed by atoms with E-state index in [2.05, 4.69) is 12.1 Å². The van der Waals surface area contributed by atoms with Crippen molar-refractivity contribution < 1.29 is 14.6 Å². The Balaban J connectivity index is 2.08. The SMILES string of the molecule is COC(=O)c1ccc(CC(/C=C/c2ccccc2O)CCCCC#N)cc1. The maximum atomic E-state index is 11.6. The number of rotatable bonds is 9. The van der Waals surface area contributed by atoms with Gasteiger partial charge in [0.2, 0.25) is 0 Å². The van der Waals surface area contributed by atoms with E-state index in [1.165, 1.54) is 7.11 Å². The molecule has 0 aromatic heterocycles. The number of esters is 1. The second-order valence-electron chi connectivity index (χ2n) is 6.47. The highest BCUT2D eigenvalue weighted by atomic mass is 16.5. The van der Waals surface area contributed by atoms with Crippen molar-refractivity contribution in [2.24, 2.45) is 5.92 Å². The molecule has 0 heterocycles. The average Bonchev–Trinajstić information content (AvgIpc) is 2.70. The summed E-state index contributed by atoms with van der Waals surface area (Å²) in [7, 11) is 1.37. The fourth-order valence-electron chi connectivity index (χ4n) is 2.94. The van der Waals surface area contributed by atoms with Crippen LogP contribution in [0, 0.1) is 17.2 Å². The first-order valence-electron chi connectivity index (χ1n) is 9.14. The molecule has 0 radical (unpaired) electrons. The number of allylic oxidation sites excluding steroid dienone is 1. The van der Waals surface area contributed by atoms with E-state index in [1.807, 2.05) is 30.3 Å². The summed E-state index contributed by atoms with van der Waals surface area (Å²) in [5.41, 5.74) is 2.46. The fourth-order valence-corrected chi connectivity index (χ4v) is 2.94. The lowest BCUT2D eigenvalue weighted by molar-refractivity contribution is 0.0600. The standard InChI is InChI=1S/C23H25NO3/c1-27-23(26)21-14-11-19(12-15-21)17-18(7-3-2-6-16-24)10-13-20-8-4-5-9-22(20)25/h4-5,8-15,18,25H,2-3,6-7,17H2,1H3/b13-10+. The summed E-state index contributed by atoms with van der Waals surface area (Å²) in [6.07, 6.45) is 8.30. The summed E-state index contributed by atoms with van der Waals surface area (Å²) in [6, 6.07) is 16.9. The average molecular weight is 363 g/mol. The van der Waals surface area contributed by atoms with Gasteiger partial charge in [-0.1, -0.05) is 48.9 Å². The molecule has 2 rings (SSSR count). The van der Waals surface area contributed by atoms with Crippen LogP contribution in [-0.4, -0.2) is 18.2 Å². The Kier molecular flexibility index (Phi) is 8.12. The summed E-state index contributed by atoms with van der Waals surface area (Å²) >= 11 is 0. The van der Waals surface area contributed by atoms with Crippen molar-refractivity contribution in [2.75, 3.05) is 7.11 Å². The number of phenolic OH excluding ortho intramolecular Hbond substituents is 1. The van der Waals surface area contributed by atoms with Crippen LogP contribution < -0.4 is 0 Å². The molecule has 0 saturated heterocycles. The monoisotopic (exact) mass is 363 g/mol. The van der Waals surface area contributed by atoms with E-state index in [0.717, 1.165) is 36.8 Å². The molecule has 0 aliphatic rings. The molecule has 27 heavy (non-hydrogen) atoms. The number of benzene rings is 2. The minimum atomic E-state index is -0.339. The van der Waals surface area contributed by atoms with Crippen molar-refractivity contribution in [2.45, 2.75) is 32.1 Å². The smallest absolute Gasteiger partial charge is 0.337 e. The van der Waals surface area contributed by atoms with Gasteiger partial charge in [0, 0.05) is 12.0 Å². The van der Waals surface area contributed by atoms with E-state index in [-0.39, 0.29) is 17.6 Å². The van der Waals surface area contributed by atoms with Gasteiger partial charge in [0.25, 0.3) is 0 Å². The van der Waals surface area contributed by atoms with E-state index >= 15 is 0 Å². The van der Waals surface area contributed by atoms with Gasteiger partial charge in [0.05, 0.1) is 18.7 Å². The van der Waals surface area contributed by atoms with Gasteiger partial charge in [-0.3, -0.25) is 0 Å². The summed E-state index contributed by atoms with van der Waals surface area (Å²) in [5.74, 6) is 0.209. The summed E-state index contributed by atoms with van der Waals surface area (Å²) in [4.78, 5) is 11.6. The number of hydrogen-bond acceptors (Lipinski definition) is 4. The second kappa shape index (κ2) is 10.8. The van der Waals surface area contributed by atoms with Gasteiger partial charge in [0.1, 0.15) is 5.75 Å². The van der Waals surface area contributed by atoms with E-state index in [9.17, 15) is 9.90 Å². The number of phenols is 1. The predicted octanol–water partition coefficient (Wildman–Crippen LogP) is 5.13. The van der Waals surface area contributed by atoms with Crippen LogP contribution in [0.3, 0.4) is 0 Å². The van der Waals surface area contributed by atoms with Gasteiger partial charge in [-0.15, -0.1) is 0 Å². The molecule has 0 aliphatic heterocycles. The molecule has 4 heteroatoms. The van der Waals surface area contributed by atoms with E-state index < -0.39 is 0 Å². The van der Waals surface area contributed by atoms with Crippen molar-refractivity contribution >= 4 is 12.0 Å². The van der Waals surface area contributed by atoms with Crippen LogP contribution >= 0.6 is 0 Å². The largest absolute Gasteiger partial charge is 0.507 e. The number of nitrogens with zero attached hydrogens (tertiary/aromatic N) is 1. The van der Waals surface area contributed by atoms with Gasteiger partial charge in [-0.05, 0) is 48.9 Å². The van der Waals surface area contributed by atoms with Crippen LogP contribution in [0.15, 0.2) is 54.6 Å². The van der Waals surface area contributed by atoms with Gasteiger partial charge in [-0.25, -0.2) is 4.79 Å². The number of para-hydroxylation sites is 1. The van der Waals surface area contributed by atoms with Gasteiger partial charge in [-0.2, -0.15) is 5.26 Å². The minimum absolute atomic E-state index is 0.263. The molecule has 0 bridgehead atoms. The molecule has 4 nitrogen and oxygen atoms in total. The number of hydrogen-bond donors (Lipinski definition) is 1.